The summed E-state index contributed by atoms with van der Waals surface area (Å²) in [5.74, 6) is -0.235. The summed E-state index contributed by atoms with van der Waals surface area (Å²) in [6.45, 7) is 0.746. The van der Waals surface area contributed by atoms with Crippen LogP contribution in [0, 0.1) is 11.3 Å². The van der Waals surface area contributed by atoms with Gasteiger partial charge in [0.1, 0.15) is 11.8 Å². The van der Waals surface area contributed by atoms with Crippen LogP contribution in [-0.4, -0.2) is 48.5 Å². The van der Waals surface area contributed by atoms with Gasteiger partial charge in [-0.1, -0.05) is 0 Å². The van der Waals surface area contributed by atoms with E-state index in [0.717, 1.165) is 0 Å². The topological polar surface area (TPSA) is 66.2 Å². The minimum absolute atomic E-state index is 0.235. The number of hydrogen-bond donors (Lipinski definition) is 0. The number of methoxy groups -OCH3 is 1. The molecule has 1 atom stereocenters. The van der Waals surface area contributed by atoms with Gasteiger partial charge in [0.25, 0.3) is 5.91 Å². The summed E-state index contributed by atoms with van der Waals surface area (Å²) in [5.41, 5.74) is 0.710. The maximum atomic E-state index is 12.0. The van der Waals surface area contributed by atoms with Crippen LogP contribution in [-0.2, 0) is 4.74 Å². The lowest BCUT2D eigenvalue weighted by atomic mass is 10.2. The van der Waals surface area contributed by atoms with E-state index in [0.29, 0.717) is 18.7 Å². The van der Waals surface area contributed by atoms with Gasteiger partial charge in [0, 0.05) is 26.9 Å². The lowest BCUT2D eigenvalue weighted by Crippen LogP contribution is -2.34. The van der Waals surface area contributed by atoms with Crippen molar-refractivity contribution in [3.8, 4) is 6.07 Å². The number of carbonyl (C=O) groups excluding carboxylic acids is 1. The predicted molar refractivity (Wildman–Crippen MR) is 67.4 cm³/mol. The Morgan fingerprint density at radius 1 is 1.67 bits per heavy atom. The van der Waals surface area contributed by atoms with Gasteiger partial charge in [-0.2, -0.15) is 5.26 Å². The van der Waals surface area contributed by atoms with Gasteiger partial charge in [0.2, 0.25) is 0 Å². The Kier molecular flexibility index (Phi) is 5.56. The van der Waals surface area contributed by atoms with Crippen molar-refractivity contribution in [2.45, 2.75) is 5.38 Å². The number of ether oxygens (including phenoxy) is 1. The maximum Gasteiger partial charge on any atom is 0.272 e. The lowest BCUT2D eigenvalue weighted by molar-refractivity contribution is 0.0776. The highest BCUT2D eigenvalue weighted by Crippen LogP contribution is 2.05. The third-order valence-electron chi connectivity index (χ3n) is 2.28. The van der Waals surface area contributed by atoms with Crippen LogP contribution in [0.4, 0.5) is 0 Å². The highest BCUT2D eigenvalue weighted by atomic mass is 35.5. The normalized spacial score (nSPS) is 11.7. The number of halogens is 1. The molecule has 0 fully saturated rings. The number of nitriles is 1. The highest BCUT2D eigenvalue weighted by Gasteiger charge is 2.16. The molecule has 0 saturated carbocycles. The maximum absolute atomic E-state index is 12.0. The third-order valence-corrected chi connectivity index (χ3v) is 2.54. The van der Waals surface area contributed by atoms with Gasteiger partial charge in [-0.05, 0) is 12.1 Å². The van der Waals surface area contributed by atoms with E-state index in [1.165, 1.54) is 17.2 Å². The fourth-order valence-corrected chi connectivity index (χ4v) is 1.73. The van der Waals surface area contributed by atoms with Crippen LogP contribution >= 0.6 is 11.6 Å². The van der Waals surface area contributed by atoms with Crippen molar-refractivity contribution in [3.05, 3.63) is 29.6 Å². The Hall–Kier alpha value is -1.64. The molecule has 0 aliphatic heterocycles. The number of amides is 1. The van der Waals surface area contributed by atoms with E-state index < -0.39 is 0 Å². The minimum Gasteiger partial charge on any atom is -0.383 e. The van der Waals surface area contributed by atoms with E-state index >= 15 is 0 Å². The Labute approximate surface area is 111 Å². The van der Waals surface area contributed by atoms with Gasteiger partial charge in [-0.15, -0.1) is 11.6 Å². The second kappa shape index (κ2) is 6.94. The molecule has 1 heterocycles. The van der Waals surface area contributed by atoms with Crippen molar-refractivity contribution in [2.24, 2.45) is 0 Å². The Morgan fingerprint density at radius 3 is 2.89 bits per heavy atom. The Morgan fingerprint density at radius 2 is 2.39 bits per heavy atom. The van der Waals surface area contributed by atoms with E-state index in [1.807, 2.05) is 6.07 Å². The molecule has 0 spiro atoms. The van der Waals surface area contributed by atoms with Crippen LogP contribution in [0.2, 0.25) is 0 Å². The summed E-state index contributed by atoms with van der Waals surface area (Å²) in [6.07, 6.45) is 1.37. The second-order valence-corrected chi connectivity index (χ2v) is 4.40. The molecule has 1 rings (SSSR count). The molecule has 0 bridgehead atoms. The number of hydrogen-bond acceptors (Lipinski definition) is 4. The molecule has 1 amide bonds. The van der Waals surface area contributed by atoms with Crippen molar-refractivity contribution in [1.82, 2.24) is 9.88 Å². The zero-order valence-corrected chi connectivity index (χ0v) is 11.0. The summed E-state index contributed by atoms with van der Waals surface area (Å²) < 4.78 is 4.90. The average Bonchev–Trinajstić information content (AvgIpc) is 2.38. The molecular formula is C12H14ClN3O2. The van der Waals surface area contributed by atoms with Crippen molar-refractivity contribution in [2.75, 3.05) is 27.3 Å². The first-order valence-electron chi connectivity index (χ1n) is 5.33. The summed E-state index contributed by atoms with van der Waals surface area (Å²) >= 11 is 5.97. The van der Waals surface area contributed by atoms with Gasteiger partial charge in [0.05, 0.1) is 17.5 Å². The van der Waals surface area contributed by atoms with Crippen LogP contribution in [0.5, 0.6) is 0 Å². The molecule has 0 radical (unpaired) electrons. The zero-order chi connectivity index (χ0) is 13.5. The van der Waals surface area contributed by atoms with Gasteiger partial charge in [-0.25, -0.2) is 4.98 Å². The third kappa shape index (κ3) is 3.99. The first-order valence-corrected chi connectivity index (χ1v) is 5.76. The number of nitrogens with zero attached hydrogens (tertiary/aromatic N) is 3. The van der Waals surface area contributed by atoms with Crippen LogP contribution in [0.1, 0.15) is 16.1 Å². The van der Waals surface area contributed by atoms with E-state index in [4.69, 9.17) is 21.6 Å². The molecule has 18 heavy (non-hydrogen) atoms. The van der Waals surface area contributed by atoms with Gasteiger partial charge >= 0.3 is 0 Å². The fourth-order valence-electron chi connectivity index (χ4n) is 1.40. The van der Waals surface area contributed by atoms with Crippen LogP contribution < -0.4 is 0 Å². The SMILES string of the molecule is COCC(Cl)CN(C)C(=O)c1ccc(C#N)cn1. The van der Waals surface area contributed by atoms with E-state index in [-0.39, 0.29) is 17.0 Å². The number of alkyl halides is 1. The molecule has 0 aromatic carbocycles. The lowest BCUT2D eigenvalue weighted by Gasteiger charge is -2.19. The summed E-state index contributed by atoms with van der Waals surface area (Å²) in [4.78, 5) is 17.4. The molecule has 1 aromatic heterocycles. The van der Waals surface area contributed by atoms with Crippen LogP contribution in [0.15, 0.2) is 18.3 Å². The molecule has 96 valence electrons. The van der Waals surface area contributed by atoms with Crippen molar-refractivity contribution < 1.29 is 9.53 Å². The molecule has 6 heteroatoms. The first-order chi connectivity index (χ1) is 8.58. The van der Waals surface area contributed by atoms with Crippen LogP contribution in [0.3, 0.4) is 0 Å². The van der Waals surface area contributed by atoms with Gasteiger partial charge < -0.3 is 9.64 Å². The van der Waals surface area contributed by atoms with Crippen molar-refractivity contribution >= 4 is 17.5 Å². The fraction of sp³-hybridized carbons (Fsp3) is 0.417. The molecule has 1 unspecified atom stereocenters. The highest BCUT2D eigenvalue weighted by molar-refractivity contribution is 6.21. The number of carbonyl (C=O) groups is 1. The molecule has 0 N–H and O–H groups in total. The number of rotatable bonds is 5. The number of pyridine rings is 1. The molecule has 5 nitrogen and oxygen atoms in total. The van der Waals surface area contributed by atoms with E-state index in [2.05, 4.69) is 4.98 Å². The molecule has 0 aliphatic carbocycles. The predicted octanol–water partition coefficient (Wildman–Crippen LogP) is 1.28. The quantitative estimate of drug-likeness (QED) is 0.754. The monoisotopic (exact) mass is 267 g/mol. The average molecular weight is 268 g/mol. The molecule has 1 aromatic rings. The van der Waals surface area contributed by atoms with E-state index in [9.17, 15) is 4.79 Å². The largest absolute Gasteiger partial charge is 0.383 e. The Bertz CT molecular complexity index is 442. The summed E-state index contributed by atoms with van der Waals surface area (Å²) in [6, 6.07) is 5.03. The standard InChI is InChI=1S/C12H14ClN3O2/c1-16(7-10(13)8-18-2)12(17)11-4-3-9(5-14)6-15-11/h3-4,6,10H,7-8H2,1-2H3. The van der Waals surface area contributed by atoms with Gasteiger partial charge in [-0.3, -0.25) is 4.79 Å². The summed E-state index contributed by atoms with van der Waals surface area (Å²) in [7, 11) is 3.20. The summed E-state index contributed by atoms with van der Waals surface area (Å²) in [5, 5.41) is 8.38. The van der Waals surface area contributed by atoms with E-state index in [1.54, 1.807) is 20.2 Å². The zero-order valence-electron chi connectivity index (χ0n) is 10.3. The number of aromatic nitrogens is 1. The second-order valence-electron chi connectivity index (χ2n) is 3.78. The van der Waals surface area contributed by atoms with Crippen molar-refractivity contribution in [3.63, 3.8) is 0 Å². The minimum atomic E-state index is -0.262. The molecule has 0 aliphatic rings. The molecule has 0 saturated heterocycles. The Balaban J connectivity index is 2.65. The first kappa shape index (κ1) is 14.4. The van der Waals surface area contributed by atoms with Crippen LogP contribution in [0.25, 0.3) is 0 Å². The van der Waals surface area contributed by atoms with Crippen molar-refractivity contribution in [1.29, 1.82) is 5.26 Å². The smallest absolute Gasteiger partial charge is 0.272 e. The van der Waals surface area contributed by atoms with Gasteiger partial charge in [0.15, 0.2) is 0 Å². The molecular weight excluding hydrogens is 254 g/mol.